The Balaban J connectivity index is 1.71. The SMILES string of the molecule is C[C@@](O)(c1ccc(Cl)c(F)c1)[C@H]1O[C@@H](n2ccc3c(N)ncnc32)[C@H](O)[C@@H]1O. The standard InChI is InChI=1S/C18H18ClFN4O4/c1-18(27,8-2-3-10(19)11(20)6-8)14-12(25)13(26)17(28-14)24-5-4-9-15(21)22-7-23-16(9)24/h2-7,12-14,17,25-27H,1H3,(H2,21,22,23)/t12-,13+,14-,17+,18+/m0/s1. The lowest BCUT2D eigenvalue weighted by Crippen LogP contribution is -2.45. The molecule has 1 aliphatic heterocycles. The summed E-state index contributed by atoms with van der Waals surface area (Å²) in [7, 11) is 0. The predicted octanol–water partition coefficient (Wildman–Crippen LogP) is 1.33. The van der Waals surface area contributed by atoms with E-state index in [1.165, 1.54) is 30.0 Å². The predicted molar refractivity (Wildman–Crippen MR) is 98.8 cm³/mol. The monoisotopic (exact) mass is 408 g/mol. The number of aliphatic hydroxyl groups excluding tert-OH is 2. The second kappa shape index (κ2) is 6.64. The highest BCUT2D eigenvalue weighted by Crippen LogP contribution is 2.41. The molecule has 0 unspecified atom stereocenters. The third-order valence-corrected chi connectivity index (χ3v) is 5.42. The summed E-state index contributed by atoms with van der Waals surface area (Å²) in [4.78, 5) is 8.05. The molecule has 1 aromatic carbocycles. The number of fused-ring (bicyclic) bond motifs is 1. The van der Waals surface area contributed by atoms with Crippen LogP contribution in [0.15, 0.2) is 36.8 Å². The average Bonchev–Trinajstić information content (AvgIpc) is 3.20. The van der Waals surface area contributed by atoms with E-state index in [1.807, 2.05) is 0 Å². The Morgan fingerprint density at radius 2 is 2.00 bits per heavy atom. The Kier molecular flexibility index (Phi) is 4.52. The Bertz CT molecular complexity index is 1040. The number of nitrogens with zero attached hydrogens (tertiary/aromatic N) is 3. The average molecular weight is 409 g/mol. The summed E-state index contributed by atoms with van der Waals surface area (Å²) < 4.78 is 21.2. The van der Waals surface area contributed by atoms with Crippen LogP contribution < -0.4 is 5.73 Å². The van der Waals surface area contributed by atoms with Crippen LogP contribution in [0.25, 0.3) is 11.0 Å². The molecule has 148 valence electrons. The molecular formula is C18H18ClFN4O4. The van der Waals surface area contributed by atoms with Crippen molar-refractivity contribution in [2.45, 2.75) is 37.1 Å². The van der Waals surface area contributed by atoms with Crippen molar-refractivity contribution in [2.24, 2.45) is 0 Å². The van der Waals surface area contributed by atoms with Crippen LogP contribution in [0.1, 0.15) is 18.7 Å². The van der Waals surface area contributed by atoms with Crippen LogP contribution in [0.5, 0.6) is 0 Å². The molecule has 1 saturated heterocycles. The number of nitrogen functional groups attached to an aromatic ring is 1. The Labute approximate surface area is 164 Å². The summed E-state index contributed by atoms with van der Waals surface area (Å²) in [5.74, 6) is -0.454. The number of aliphatic hydroxyl groups is 3. The molecule has 0 aliphatic carbocycles. The number of anilines is 1. The molecule has 1 fully saturated rings. The van der Waals surface area contributed by atoms with Crippen molar-refractivity contribution in [2.75, 3.05) is 5.73 Å². The lowest BCUT2D eigenvalue weighted by molar-refractivity contribution is -0.135. The first-order valence-corrected chi connectivity index (χ1v) is 8.86. The van der Waals surface area contributed by atoms with Gasteiger partial charge in [0.2, 0.25) is 0 Å². The van der Waals surface area contributed by atoms with Crippen molar-refractivity contribution >= 4 is 28.5 Å². The van der Waals surface area contributed by atoms with E-state index in [-0.39, 0.29) is 16.4 Å². The first-order chi connectivity index (χ1) is 13.2. The maximum absolute atomic E-state index is 13.9. The van der Waals surface area contributed by atoms with Crippen molar-refractivity contribution in [3.63, 3.8) is 0 Å². The minimum absolute atomic E-state index is 0.0959. The van der Waals surface area contributed by atoms with Gasteiger partial charge in [-0.3, -0.25) is 0 Å². The fraction of sp³-hybridized carbons (Fsp3) is 0.333. The molecule has 0 amide bonds. The molecule has 5 atom stereocenters. The van der Waals surface area contributed by atoms with Crippen molar-refractivity contribution in [1.29, 1.82) is 0 Å². The van der Waals surface area contributed by atoms with Crippen LogP contribution in [0.2, 0.25) is 5.02 Å². The zero-order valence-electron chi connectivity index (χ0n) is 14.7. The van der Waals surface area contributed by atoms with Crippen molar-refractivity contribution in [1.82, 2.24) is 14.5 Å². The van der Waals surface area contributed by atoms with Crippen LogP contribution in [0, 0.1) is 5.82 Å². The summed E-state index contributed by atoms with van der Waals surface area (Å²) in [5.41, 5.74) is 4.57. The Morgan fingerprint density at radius 1 is 1.25 bits per heavy atom. The van der Waals surface area contributed by atoms with Gasteiger partial charge in [-0.05, 0) is 30.7 Å². The molecular weight excluding hydrogens is 391 g/mol. The van der Waals surface area contributed by atoms with Gasteiger partial charge in [-0.2, -0.15) is 0 Å². The molecule has 5 N–H and O–H groups in total. The molecule has 1 aliphatic rings. The fourth-order valence-electron chi connectivity index (χ4n) is 3.53. The number of aromatic nitrogens is 3. The summed E-state index contributed by atoms with van der Waals surface area (Å²) in [6.45, 7) is 1.37. The third-order valence-electron chi connectivity index (χ3n) is 5.11. The van der Waals surface area contributed by atoms with E-state index >= 15 is 0 Å². The molecule has 28 heavy (non-hydrogen) atoms. The highest BCUT2D eigenvalue weighted by molar-refractivity contribution is 6.30. The molecule has 3 aromatic rings. The molecule has 2 aromatic heterocycles. The van der Waals surface area contributed by atoms with Crippen molar-refractivity contribution in [3.05, 3.63) is 53.2 Å². The van der Waals surface area contributed by atoms with Gasteiger partial charge in [-0.25, -0.2) is 14.4 Å². The van der Waals surface area contributed by atoms with E-state index in [2.05, 4.69) is 9.97 Å². The number of nitrogens with two attached hydrogens (primary N) is 1. The van der Waals surface area contributed by atoms with Gasteiger partial charge >= 0.3 is 0 Å². The zero-order chi connectivity index (χ0) is 20.2. The largest absolute Gasteiger partial charge is 0.387 e. The number of benzene rings is 1. The summed E-state index contributed by atoms with van der Waals surface area (Å²) in [6, 6.07) is 5.46. The highest BCUT2D eigenvalue weighted by Gasteiger charge is 2.52. The van der Waals surface area contributed by atoms with Crippen LogP contribution in [0.3, 0.4) is 0 Å². The number of ether oxygens (including phenoxy) is 1. The number of halogens is 2. The molecule has 4 rings (SSSR count). The Morgan fingerprint density at radius 3 is 2.71 bits per heavy atom. The van der Waals surface area contributed by atoms with E-state index in [4.69, 9.17) is 22.1 Å². The van der Waals surface area contributed by atoms with Crippen LogP contribution in [-0.2, 0) is 10.3 Å². The third kappa shape index (κ3) is 2.83. The van der Waals surface area contributed by atoms with Gasteiger partial charge in [0.05, 0.1) is 10.4 Å². The van der Waals surface area contributed by atoms with E-state index in [0.29, 0.717) is 11.0 Å². The zero-order valence-corrected chi connectivity index (χ0v) is 15.5. The first kappa shape index (κ1) is 19.0. The lowest BCUT2D eigenvalue weighted by Gasteiger charge is -2.32. The maximum atomic E-state index is 13.9. The van der Waals surface area contributed by atoms with E-state index < -0.39 is 36.0 Å². The van der Waals surface area contributed by atoms with Crippen LogP contribution in [0.4, 0.5) is 10.2 Å². The second-order valence-electron chi connectivity index (χ2n) is 6.92. The molecule has 3 heterocycles. The summed E-state index contributed by atoms with van der Waals surface area (Å²) >= 11 is 5.70. The van der Waals surface area contributed by atoms with E-state index in [0.717, 1.165) is 6.07 Å². The normalized spacial score (nSPS) is 27.2. The number of hydrogen-bond donors (Lipinski definition) is 4. The highest BCUT2D eigenvalue weighted by atomic mass is 35.5. The molecule has 8 nitrogen and oxygen atoms in total. The molecule has 0 saturated carbocycles. The second-order valence-corrected chi connectivity index (χ2v) is 7.33. The quantitative estimate of drug-likeness (QED) is 0.515. The number of rotatable bonds is 3. The van der Waals surface area contributed by atoms with Gasteiger partial charge in [-0.1, -0.05) is 17.7 Å². The lowest BCUT2D eigenvalue weighted by atomic mass is 9.86. The van der Waals surface area contributed by atoms with Gasteiger partial charge < -0.3 is 30.4 Å². The topological polar surface area (TPSA) is 127 Å². The molecule has 0 spiro atoms. The summed E-state index contributed by atoms with van der Waals surface area (Å²) in [5, 5.41) is 32.6. The minimum Gasteiger partial charge on any atom is -0.387 e. The minimum atomic E-state index is -1.81. The maximum Gasteiger partial charge on any atom is 0.164 e. The number of hydrogen-bond acceptors (Lipinski definition) is 7. The van der Waals surface area contributed by atoms with Gasteiger partial charge in [0.15, 0.2) is 6.23 Å². The summed E-state index contributed by atoms with van der Waals surface area (Å²) in [6.07, 6.45) is -2.25. The Hall–Kier alpha value is -2.30. The van der Waals surface area contributed by atoms with E-state index in [1.54, 1.807) is 12.3 Å². The molecule has 10 heteroatoms. The fourth-order valence-corrected chi connectivity index (χ4v) is 3.64. The van der Waals surface area contributed by atoms with Crippen LogP contribution >= 0.6 is 11.6 Å². The van der Waals surface area contributed by atoms with Crippen molar-refractivity contribution < 1.29 is 24.4 Å². The van der Waals surface area contributed by atoms with E-state index in [9.17, 15) is 19.7 Å². The van der Waals surface area contributed by atoms with Gasteiger partial charge in [0, 0.05) is 6.20 Å². The van der Waals surface area contributed by atoms with Crippen LogP contribution in [-0.4, -0.2) is 48.2 Å². The first-order valence-electron chi connectivity index (χ1n) is 8.48. The molecule has 0 bridgehead atoms. The van der Waals surface area contributed by atoms with Gasteiger partial charge in [-0.15, -0.1) is 0 Å². The van der Waals surface area contributed by atoms with Crippen molar-refractivity contribution in [3.8, 4) is 0 Å². The molecule has 0 radical (unpaired) electrons. The smallest absolute Gasteiger partial charge is 0.164 e. The van der Waals surface area contributed by atoms with Gasteiger partial charge in [0.25, 0.3) is 0 Å². The van der Waals surface area contributed by atoms with Gasteiger partial charge in [0.1, 0.15) is 47.5 Å².